The van der Waals surface area contributed by atoms with Crippen molar-refractivity contribution in [3.63, 3.8) is 0 Å². The molecule has 0 radical (unpaired) electrons. The summed E-state index contributed by atoms with van der Waals surface area (Å²) in [6.45, 7) is 0. The molecule has 0 aliphatic carbocycles. The van der Waals surface area contributed by atoms with Crippen LogP contribution < -0.4 is 0 Å². The maximum Gasteiger partial charge on any atom is 0.166 e. The van der Waals surface area contributed by atoms with Gasteiger partial charge < -0.3 is 9.13 Å². The molecule has 0 aliphatic rings. The second-order valence-corrected chi connectivity index (χ2v) is 36.0. The van der Waals surface area contributed by atoms with E-state index in [1.54, 1.807) is 0 Å². The van der Waals surface area contributed by atoms with Crippen LogP contribution in [-0.2, 0) is 0 Å². The SMILES string of the molecule is c1ccc(-c2nc(-c3ccccc3)nc(-c3cc(-c4c(-c5ccccc5)cccc4-c4ccccc4)cnc3-c3ccc4sc5ccc6c(c7ccccc7n6-c6ccccc6)c5c4c3)n2)cc1.c1ccc(-c2nc(-c3ccccc3)nc(-c3cc(-c4c(-c5ccccc5)cccc4-c4ccccc4)cnc3-c3cccc4sc5ccc6c(c7ccccc7n6-c6ccccc6)c5c34)n2)cc1. The number of rotatable bonds is 16. The molecule has 0 N–H and O–H groups in total. The van der Waals surface area contributed by atoms with Crippen molar-refractivity contribution in [3.8, 4) is 169 Å². The van der Waals surface area contributed by atoms with Crippen LogP contribution in [0.3, 0.4) is 0 Å². The van der Waals surface area contributed by atoms with Crippen LogP contribution in [0.2, 0.25) is 0 Å². The lowest BCUT2D eigenvalue weighted by molar-refractivity contribution is 1.07. The normalized spacial score (nSPS) is 11.5. The Morgan fingerprint density at radius 1 is 0.169 bits per heavy atom. The molecule has 8 heterocycles. The fraction of sp³-hybridized carbons (Fsp3) is 0. The van der Waals surface area contributed by atoms with E-state index in [9.17, 15) is 0 Å². The Hall–Kier alpha value is -17.7. The number of thiophene rings is 2. The Bertz CT molecular complexity index is 8820. The summed E-state index contributed by atoms with van der Waals surface area (Å²) >= 11 is 3.65. The Morgan fingerprint density at radius 2 is 0.478 bits per heavy atom. The summed E-state index contributed by atoms with van der Waals surface area (Å²) in [6.07, 6.45) is 4.08. The van der Waals surface area contributed by atoms with E-state index in [4.69, 9.17) is 39.9 Å². The Balaban J connectivity index is 0.000000145. The van der Waals surface area contributed by atoms with Crippen molar-refractivity contribution in [1.29, 1.82) is 0 Å². The molecule has 0 unspecified atom stereocenters. The number of benzene rings is 18. The van der Waals surface area contributed by atoms with E-state index in [1.807, 2.05) is 102 Å². The molecule has 26 rings (SSSR count). The number of para-hydroxylation sites is 4. The molecule has 8 aromatic heterocycles. The molecule has 0 atom stereocenters. The average molecular weight is 1770 g/mol. The molecular weight excluding hydrogens is 1690 g/mol. The summed E-state index contributed by atoms with van der Waals surface area (Å²) < 4.78 is 9.65. The molecule has 0 aliphatic heterocycles. The minimum absolute atomic E-state index is 0.544. The lowest BCUT2D eigenvalue weighted by Gasteiger charge is -2.18. The van der Waals surface area contributed by atoms with Gasteiger partial charge in [-0.2, -0.15) is 0 Å². The zero-order valence-electron chi connectivity index (χ0n) is 73.3. The largest absolute Gasteiger partial charge is 0.309 e. The average Bonchev–Trinajstić information content (AvgIpc) is 1.45. The lowest BCUT2D eigenvalue weighted by Crippen LogP contribution is -2.02. The summed E-state index contributed by atoms with van der Waals surface area (Å²) in [5.74, 6) is 3.46. The van der Waals surface area contributed by atoms with Crippen LogP contribution in [-0.4, -0.2) is 49.0 Å². The molecule has 636 valence electrons. The molecule has 136 heavy (non-hydrogen) atoms. The van der Waals surface area contributed by atoms with E-state index >= 15 is 0 Å². The predicted molar refractivity (Wildman–Crippen MR) is 566 cm³/mol. The molecule has 0 saturated heterocycles. The maximum atomic E-state index is 5.61. The first-order valence-electron chi connectivity index (χ1n) is 45.6. The van der Waals surface area contributed by atoms with Gasteiger partial charge in [-0.25, -0.2) is 29.9 Å². The molecule has 0 saturated carbocycles. The summed E-state index contributed by atoms with van der Waals surface area (Å²) in [6, 6.07) is 162. The van der Waals surface area contributed by atoms with Crippen LogP contribution in [0.15, 0.2) is 473 Å². The third kappa shape index (κ3) is 14.4. The van der Waals surface area contributed by atoms with E-state index in [0.29, 0.717) is 34.9 Å². The van der Waals surface area contributed by atoms with Gasteiger partial charge in [-0.05, 0) is 147 Å². The number of fused-ring (bicyclic) bond motifs is 14. The highest BCUT2D eigenvalue weighted by molar-refractivity contribution is 7.26. The van der Waals surface area contributed by atoms with Gasteiger partial charge in [0.05, 0.1) is 33.5 Å². The smallest absolute Gasteiger partial charge is 0.166 e. The molecule has 10 nitrogen and oxygen atoms in total. The summed E-state index contributed by atoms with van der Waals surface area (Å²) in [4.78, 5) is 42.7. The van der Waals surface area contributed by atoms with Gasteiger partial charge in [-0.1, -0.05) is 370 Å². The van der Waals surface area contributed by atoms with E-state index < -0.39 is 0 Å². The van der Waals surface area contributed by atoms with Crippen molar-refractivity contribution >= 4 is 107 Å². The van der Waals surface area contributed by atoms with Crippen molar-refractivity contribution in [2.24, 2.45) is 0 Å². The summed E-state index contributed by atoms with van der Waals surface area (Å²) in [5, 5.41) is 9.71. The molecule has 18 aromatic carbocycles. The van der Waals surface area contributed by atoms with Gasteiger partial charge in [-0.3, -0.25) is 9.97 Å². The third-order valence-electron chi connectivity index (χ3n) is 25.8. The highest BCUT2D eigenvalue weighted by Crippen LogP contribution is 2.52. The fourth-order valence-electron chi connectivity index (χ4n) is 19.8. The van der Waals surface area contributed by atoms with Crippen molar-refractivity contribution in [1.82, 2.24) is 49.0 Å². The third-order valence-corrected chi connectivity index (χ3v) is 28.1. The van der Waals surface area contributed by atoms with Crippen LogP contribution in [0.5, 0.6) is 0 Å². The van der Waals surface area contributed by atoms with E-state index in [-0.39, 0.29) is 0 Å². The minimum atomic E-state index is 0.544. The van der Waals surface area contributed by atoms with Crippen molar-refractivity contribution in [2.45, 2.75) is 0 Å². The highest BCUT2D eigenvalue weighted by Gasteiger charge is 2.29. The van der Waals surface area contributed by atoms with Crippen molar-refractivity contribution in [2.75, 3.05) is 0 Å². The Kier molecular flexibility index (Phi) is 20.4. The summed E-state index contributed by atoms with van der Waals surface area (Å²) in [7, 11) is 0. The van der Waals surface area contributed by atoms with Gasteiger partial charge in [0.1, 0.15) is 0 Å². The predicted octanol–water partition coefficient (Wildman–Crippen LogP) is 32.8. The summed E-state index contributed by atoms with van der Waals surface area (Å²) in [5.41, 5.74) is 28.8. The first-order chi connectivity index (χ1) is 67.5. The second kappa shape index (κ2) is 34.6. The molecular formula is C124H78N10S2. The van der Waals surface area contributed by atoms with Crippen LogP contribution in [0, 0.1) is 0 Å². The van der Waals surface area contributed by atoms with E-state index in [0.717, 1.165) is 145 Å². The minimum Gasteiger partial charge on any atom is -0.309 e. The van der Waals surface area contributed by atoms with E-state index in [1.165, 1.54) is 73.1 Å². The Morgan fingerprint density at radius 3 is 0.890 bits per heavy atom. The molecule has 12 heteroatoms. The zero-order valence-corrected chi connectivity index (χ0v) is 75.0. The number of hydrogen-bond donors (Lipinski definition) is 0. The van der Waals surface area contributed by atoms with Gasteiger partial charge >= 0.3 is 0 Å². The van der Waals surface area contributed by atoms with Gasteiger partial charge in [0.25, 0.3) is 0 Å². The van der Waals surface area contributed by atoms with Crippen LogP contribution in [0.1, 0.15) is 0 Å². The number of hydrogen-bond acceptors (Lipinski definition) is 10. The molecule has 0 bridgehead atoms. The highest BCUT2D eigenvalue weighted by atomic mass is 32.1. The first-order valence-corrected chi connectivity index (χ1v) is 47.2. The van der Waals surface area contributed by atoms with Gasteiger partial charge in [0, 0.05) is 141 Å². The van der Waals surface area contributed by atoms with Crippen LogP contribution in [0.4, 0.5) is 0 Å². The van der Waals surface area contributed by atoms with Gasteiger partial charge in [-0.15, -0.1) is 22.7 Å². The molecule has 26 aromatic rings. The quantitative estimate of drug-likeness (QED) is 0.0940. The monoisotopic (exact) mass is 1770 g/mol. The maximum absolute atomic E-state index is 5.61. The zero-order chi connectivity index (χ0) is 89.9. The number of pyridine rings is 2. The number of nitrogens with zero attached hydrogens (tertiary/aromatic N) is 10. The topological polar surface area (TPSA) is 113 Å². The van der Waals surface area contributed by atoms with Crippen molar-refractivity contribution < 1.29 is 0 Å². The standard InChI is InChI=1S/2C62H39N5S/c1-6-20-40(21-7-1)46-31-18-32-47(41-22-8-2-9-23-41)55(46)44-38-50(62-65-60(42-24-10-3-11-25-42)64-61(66-62)43-26-12-4-13-27-43)59(63-39-44)49-33-19-35-53-57(49)58-54(68-53)37-36-52-56(58)48-30-16-17-34-51(48)67(52)45-28-14-5-15-29-45;1-6-19-40(20-7-1)47-30-18-31-48(41-21-8-2-9-22-41)56(47)45-38-51(62-65-60(42-23-10-3-11-24-42)64-61(66-62)43-25-12-4-13-26-43)59(63-39-45)44-33-35-54-50(37-44)58-55(68-54)36-34-53-57(58)49-29-16-17-32-52(49)67(53)46-27-14-5-15-28-46/h2*1-39H. The Labute approximate surface area is 792 Å². The molecule has 0 amide bonds. The molecule has 0 fully saturated rings. The second-order valence-electron chi connectivity index (χ2n) is 33.9. The van der Waals surface area contributed by atoms with Gasteiger partial charge in [0.15, 0.2) is 34.9 Å². The van der Waals surface area contributed by atoms with Crippen LogP contribution >= 0.6 is 22.7 Å². The van der Waals surface area contributed by atoms with E-state index in [2.05, 4.69) is 404 Å². The fourth-order valence-corrected chi connectivity index (χ4v) is 22.0. The van der Waals surface area contributed by atoms with Gasteiger partial charge in [0.2, 0.25) is 0 Å². The molecule has 0 spiro atoms. The van der Waals surface area contributed by atoms with Crippen molar-refractivity contribution in [3.05, 3.63) is 473 Å². The van der Waals surface area contributed by atoms with Crippen LogP contribution in [0.25, 0.3) is 253 Å². The number of aromatic nitrogens is 10. The lowest BCUT2D eigenvalue weighted by atomic mass is 9.87. The first kappa shape index (κ1) is 80.4.